The monoisotopic (exact) mass is 469 g/mol. The van der Waals surface area contributed by atoms with Gasteiger partial charge in [-0.05, 0) is 19.8 Å². The molecule has 0 rings (SSSR count). The summed E-state index contributed by atoms with van der Waals surface area (Å²) < 4.78 is 5.29. The van der Waals surface area contributed by atoms with Crippen molar-refractivity contribution >= 4 is 17.8 Å². The van der Waals surface area contributed by atoms with Crippen LogP contribution in [0.2, 0.25) is 0 Å². The molecule has 0 aliphatic carbocycles. The van der Waals surface area contributed by atoms with Gasteiger partial charge < -0.3 is 21.5 Å². The SMILES string of the molecule is CCCCCCCCCCCCCCCCCCOC(=O)[C@H](CCC(N)=O)NC(=O)[C@@H](C)N. The molecule has 0 spiro atoms. The molecule has 0 aromatic heterocycles. The van der Waals surface area contributed by atoms with E-state index in [0.717, 1.165) is 19.3 Å². The van der Waals surface area contributed by atoms with Crippen molar-refractivity contribution in [1.29, 1.82) is 0 Å². The van der Waals surface area contributed by atoms with Gasteiger partial charge in [-0.1, -0.05) is 103 Å². The molecule has 0 saturated carbocycles. The molecule has 0 heterocycles. The molecule has 0 saturated heterocycles. The molecule has 7 heteroatoms. The second kappa shape index (κ2) is 22.2. The molecule has 194 valence electrons. The van der Waals surface area contributed by atoms with E-state index in [1.807, 2.05) is 0 Å². The first-order valence-corrected chi connectivity index (χ1v) is 13.4. The number of primary amides is 1. The van der Waals surface area contributed by atoms with Crippen LogP contribution in [0.4, 0.5) is 0 Å². The van der Waals surface area contributed by atoms with Gasteiger partial charge in [-0.3, -0.25) is 9.59 Å². The third-order valence-corrected chi connectivity index (χ3v) is 5.94. The van der Waals surface area contributed by atoms with Crippen LogP contribution in [0.25, 0.3) is 0 Å². The molecule has 0 aliphatic rings. The molecule has 33 heavy (non-hydrogen) atoms. The highest BCUT2D eigenvalue weighted by molar-refractivity contribution is 5.87. The van der Waals surface area contributed by atoms with Gasteiger partial charge in [0, 0.05) is 6.42 Å². The highest BCUT2D eigenvalue weighted by atomic mass is 16.5. The van der Waals surface area contributed by atoms with Crippen LogP contribution in [-0.4, -0.2) is 36.5 Å². The number of hydrogen-bond donors (Lipinski definition) is 3. The zero-order chi connectivity index (χ0) is 24.7. The lowest BCUT2D eigenvalue weighted by Gasteiger charge is -2.18. The van der Waals surface area contributed by atoms with Crippen molar-refractivity contribution < 1.29 is 19.1 Å². The number of carbonyl (C=O) groups excluding carboxylic acids is 3. The molecule has 0 aliphatic heterocycles. The fraction of sp³-hybridized carbons (Fsp3) is 0.885. The first-order valence-electron chi connectivity index (χ1n) is 13.4. The van der Waals surface area contributed by atoms with Crippen molar-refractivity contribution in [3.63, 3.8) is 0 Å². The number of esters is 1. The van der Waals surface area contributed by atoms with Gasteiger partial charge in [0.2, 0.25) is 11.8 Å². The Morgan fingerprint density at radius 3 is 1.58 bits per heavy atom. The highest BCUT2D eigenvalue weighted by Gasteiger charge is 2.24. The average Bonchev–Trinajstić information content (AvgIpc) is 2.78. The lowest BCUT2D eigenvalue weighted by Crippen LogP contribution is -2.48. The van der Waals surface area contributed by atoms with E-state index in [4.69, 9.17) is 16.2 Å². The number of unbranched alkanes of at least 4 members (excludes halogenated alkanes) is 15. The van der Waals surface area contributed by atoms with Crippen LogP contribution < -0.4 is 16.8 Å². The predicted octanol–water partition coefficient (Wildman–Crippen LogP) is 4.89. The molecule has 0 aromatic carbocycles. The van der Waals surface area contributed by atoms with E-state index in [0.29, 0.717) is 6.61 Å². The van der Waals surface area contributed by atoms with Crippen molar-refractivity contribution in [2.75, 3.05) is 6.61 Å². The minimum Gasteiger partial charge on any atom is -0.464 e. The second-order valence-corrected chi connectivity index (χ2v) is 9.33. The fourth-order valence-corrected chi connectivity index (χ4v) is 3.76. The van der Waals surface area contributed by atoms with Gasteiger partial charge in [-0.25, -0.2) is 4.79 Å². The van der Waals surface area contributed by atoms with Gasteiger partial charge in [-0.15, -0.1) is 0 Å². The smallest absolute Gasteiger partial charge is 0.328 e. The summed E-state index contributed by atoms with van der Waals surface area (Å²) in [6, 6.07) is -1.63. The van der Waals surface area contributed by atoms with Gasteiger partial charge in [0.15, 0.2) is 0 Å². The largest absolute Gasteiger partial charge is 0.464 e. The number of ether oxygens (including phenoxy) is 1. The molecule has 0 bridgehead atoms. The van der Waals surface area contributed by atoms with Gasteiger partial charge >= 0.3 is 5.97 Å². The number of amides is 2. The number of carbonyl (C=O) groups is 3. The lowest BCUT2D eigenvalue weighted by atomic mass is 10.0. The molecule has 2 atom stereocenters. The first kappa shape index (κ1) is 31.4. The van der Waals surface area contributed by atoms with E-state index in [1.54, 1.807) is 0 Å². The second-order valence-electron chi connectivity index (χ2n) is 9.33. The zero-order valence-electron chi connectivity index (χ0n) is 21.4. The van der Waals surface area contributed by atoms with Crippen LogP contribution in [0, 0.1) is 0 Å². The topological polar surface area (TPSA) is 125 Å². The Balaban J connectivity index is 3.64. The normalized spacial score (nSPS) is 12.8. The molecule has 0 aromatic rings. The van der Waals surface area contributed by atoms with E-state index in [2.05, 4.69) is 12.2 Å². The fourth-order valence-electron chi connectivity index (χ4n) is 3.76. The van der Waals surface area contributed by atoms with E-state index in [9.17, 15) is 14.4 Å². The predicted molar refractivity (Wildman–Crippen MR) is 135 cm³/mol. The summed E-state index contributed by atoms with van der Waals surface area (Å²) in [5.74, 6) is -1.52. The molecule has 5 N–H and O–H groups in total. The van der Waals surface area contributed by atoms with E-state index in [1.165, 1.54) is 90.4 Å². The number of rotatable bonds is 23. The Labute approximate surface area is 202 Å². The van der Waals surface area contributed by atoms with E-state index in [-0.39, 0.29) is 12.8 Å². The minimum absolute atomic E-state index is 0.00194. The Hall–Kier alpha value is -1.63. The number of nitrogens with one attached hydrogen (secondary N) is 1. The third-order valence-electron chi connectivity index (χ3n) is 5.94. The van der Waals surface area contributed by atoms with Crippen LogP contribution in [0.5, 0.6) is 0 Å². The average molecular weight is 470 g/mol. The molecular formula is C26H51N3O4. The van der Waals surface area contributed by atoms with Crippen LogP contribution in [0.15, 0.2) is 0 Å². The summed E-state index contributed by atoms with van der Waals surface area (Å²) in [5.41, 5.74) is 10.7. The van der Waals surface area contributed by atoms with E-state index < -0.39 is 29.9 Å². The summed E-state index contributed by atoms with van der Waals surface area (Å²) in [5, 5.41) is 2.53. The summed E-state index contributed by atoms with van der Waals surface area (Å²) in [6.45, 7) is 4.11. The number of hydrogen-bond acceptors (Lipinski definition) is 5. The standard InChI is InChI=1S/C26H51N3O4/c1-3-4-5-6-7-8-9-10-11-12-13-14-15-16-17-18-21-33-26(32)23(19-20-24(28)30)29-25(31)22(2)27/h22-23H,3-21,27H2,1-2H3,(H2,28,30)(H,29,31)/t22-,23+/m1/s1. The van der Waals surface area contributed by atoms with Crippen molar-refractivity contribution in [3.05, 3.63) is 0 Å². The van der Waals surface area contributed by atoms with Gasteiger partial charge in [0.1, 0.15) is 6.04 Å². The molecule has 0 fully saturated rings. The first-order chi connectivity index (χ1) is 15.9. The third kappa shape index (κ3) is 20.7. The van der Waals surface area contributed by atoms with Crippen LogP contribution in [0.3, 0.4) is 0 Å². The van der Waals surface area contributed by atoms with Crippen LogP contribution in [0.1, 0.15) is 129 Å². The van der Waals surface area contributed by atoms with Crippen LogP contribution >= 0.6 is 0 Å². The van der Waals surface area contributed by atoms with Crippen molar-refractivity contribution in [2.24, 2.45) is 11.5 Å². The quantitative estimate of drug-likeness (QED) is 0.145. The van der Waals surface area contributed by atoms with Gasteiger partial charge in [-0.2, -0.15) is 0 Å². The summed E-state index contributed by atoms with van der Waals surface area (Å²) in [7, 11) is 0. The summed E-state index contributed by atoms with van der Waals surface area (Å²) in [6.07, 6.45) is 20.7. The highest BCUT2D eigenvalue weighted by Crippen LogP contribution is 2.13. The van der Waals surface area contributed by atoms with Crippen molar-refractivity contribution in [2.45, 2.75) is 142 Å². The maximum atomic E-state index is 12.2. The Morgan fingerprint density at radius 2 is 1.18 bits per heavy atom. The van der Waals surface area contributed by atoms with Crippen molar-refractivity contribution in [1.82, 2.24) is 5.32 Å². The Kier molecular flexibility index (Phi) is 21.1. The van der Waals surface area contributed by atoms with E-state index >= 15 is 0 Å². The lowest BCUT2D eigenvalue weighted by molar-refractivity contribution is -0.148. The maximum Gasteiger partial charge on any atom is 0.328 e. The molecule has 0 unspecified atom stereocenters. The molecule has 0 radical (unpaired) electrons. The van der Waals surface area contributed by atoms with Crippen molar-refractivity contribution in [3.8, 4) is 0 Å². The van der Waals surface area contributed by atoms with Crippen LogP contribution in [-0.2, 0) is 19.1 Å². The summed E-state index contributed by atoms with van der Waals surface area (Å²) >= 11 is 0. The maximum absolute atomic E-state index is 12.2. The zero-order valence-corrected chi connectivity index (χ0v) is 21.4. The summed E-state index contributed by atoms with van der Waals surface area (Å²) in [4.78, 5) is 35.0. The van der Waals surface area contributed by atoms with Gasteiger partial charge in [0.25, 0.3) is 0 Å². The minimum atomic E-state index is -0.892. The molecule has 2 amide bonds. The molecular weight excluding hydrogens is 418 g/mol. The van der Waals surface area contributed by atoms with Gasteiger partial charge in [0.05, 0.1) is 12.6 Å². The Bertz CT molecular complexity index is 512. The molecule has 7 nitrogen and oxygen atoms in total. The number of nitrogens with two attached hydrogens (primary N) is 2. The Morgan fingerprint density at radius 1 is 0.758 bits per heavy atom.